The number of likely N-dealkylation sites (N-methyl/N-ethyl adjacent to an activating group) is 1. The molecular formula is C15H15BrN4O3S. The molecule has 1 aromatic carbocycles. The number of thioether (sulfide) groups is 1. The molecule has 3 amide bonds. The maximum absolute atomic E-state index is 13.2. The first kappa shape index (κ1) is 17.0. The molecule has 9 heteroatoms. The first-order valence-electron chi connectivity index (χ1n) is 7.29. The van der Waals surface area contributed by atoms with E-state index in [2.05, 4.69) is 26.3 Å². The van der Waals surface area contributed by atoms with Crippen molar-refractivity contribution in [1.82, 2.24) is 10.3 Å². The summed E-state index contributed by atoms with van der Waals surface area (Å²) >= 11 is 4.49. The lowest BCUT2D eigenvalue weighted by atomic mass is 10.1. The third kappa shape index (κ3) is 2.34. The van der Waals surface area contributed by atoms with Gasteiger partial charge in [0.05, 0.1) is 5.69 Å². The van der Waals surface area contributed by atoms with Crippen LogP contribution in [0.25, 0.3) is 0 Å². The zero-order chi connectivity index (χ0) is 17.6. The topological polar surface area (TPSA) is 82.1 Å². The Morgan fingerprint density at radius 3 is 2.67 bits per heavy atom. The lowest BCUT2D eigenvalue weighted by molar-refractivity contribution is -0.139. The third-order valence-electron chi connectivity index (χ3n) is 3.78. The fourth-order valence-electron chi connectivity index (χ4n) is 2.90. The number of rotatable bonds is 1. The summed E-state index contributed by atoms with van der Waals surface area (Å²) in [6, 6.07) is 5.50. The number of amidine groups is 1. The van der Waals surface area contributed by atoms with Gasteiger partial charge in [0.25, 0.3) is 5.91 Å². The van der Waals surface area contributed by atoms with E-state index in [1.807, 2.05) is 25.1 Å². The van der Waals surface area contributed by atoms with Crippen molar-refractivity contribution in [3.63, 3.8) is 0 Å². The number of carbonyl (C=O) groups excluding carboxylic acids is 3. The molecule has 1 N–H and O–H groups in total. The van der Waals surface area contributed by atoms with Gasteiger partial charge in [-0.05, 0) is 36.9 Å². The van der Waals surface area contributed by atoms with Crippen molar-refractivity contribution in [2.45, 2.75) is 25.6 Å². The zero-order valence-corrected chi connectivity index (χ0v) is 15.7. The fraction of sp³-hybridized carbons (Fsp3) is 0.333. The maximum Gasteiger partial charge on any atom is 0.270 e. The number of hydrazone groups is 1. The molecule has 0 unspecified atom stereocenters. The molecule has 7 nitrogen and oxygen atoms in total. The van der Waals surface area contributed by atoms with E-state index in [1.165, 1.54) is 13.8 Å². The van der Waals surface area contributed by atoms with Gasteiger partial charge in [-0.25, -0.2) is 0 Å². The number of hydrogen-bond acceptors (Lipinski definition) is 5. The van der Waals surface area contributed by atoms with Crippen molar-refractivity contribution in [1.29, 1.82) is 0 Å². The lowest BCUT2D eigenvalue weighted by Crippen LogP contribution is -2.48. The van der Waals surface area contributed by atoms with Gasteiger partial charge in [0, 0.05) is 30.4 Å². The number of nitrogens with one attached hydrogen (secondary N) is 1. The second-order valence-corrected chi connectivity index (χ2v) is 7.47. The van der Waals surface area contributed by atoms with Crippen LogP contribution >= 0.6 is 27.7 Å². The molecule has 3 rings (SSSR count). The monoisotopic (exact) mass is 410 g/mol. The van der Waals surface area contributed by atoms with E-state index in [9.17, 15) is 14.4 Å². The Morgan fingerprint density at radius 2 is 2.08 bits per heavy atom. The standard InChI is InChI=1S/C15H15BrN4O3S/c1-4-19-12-6-5-10(16)7-11(12)15(13(19)23)20(9(3)22)18-14(24-15)17-8(2)21/h5-7H,4H2,1-3H3,(H,17,18,21)/t15-/m0/s1. The summed E-state index contributed by atoms with van der Waals surface area (Å²) in [5.74, 6) is -0.934. The van der Waals surface area contributed by atoms with E-state index in [1.54, 1.807) is 4.90 Å². The van der Waals surface area contributed by atoms with Crippen LogP contribution in [0.4, 0.5) is 5.69 Å². The van der Waals surface area contributed by atoms with Gasteiger partial charge in [-0.15, -0.1) is 5.10 Å². The number of nitrogens with zero attached hydrogens (tertiary/aromatic N) is 3. The molecule has 126 valence electrons. The molecule has 1 aromatic rings. The van der Waals surface area contributed by atoms with Gasteiger partial charge in [-0.2, -0.15) is 5.01 Å². The Morgan fingerprint density at radius 1 is 1.38 bits per heavy atom. The number of benzene rings is 1. The minimum Gasteiger partial charge on any atom is -0.309 e. The van der Waals surface area contributed by atoms with E-state index >= 15 is 0 Å². The van der Waals surface area contributed by atoms with Gasteiger partial charge < -0.3 is 10.2 Å². The highest BCUT2D eigenvalue weighted by Gasteiger charge is 2.60. The number of amides is 3. The second-order valence-electron chi connectivity index (χ2n) is 5.37. The fourth-order valence-corrected chi connectivity index (χ4v) is 4.58. The molecule has 1 atom stereocenters. The minimum absolute atomic E-state index is 0.231. The Balaban J connectivity index is 2.19. The summed E-state index contributed by atoms with van der Waals surface area (Å²) in [6.07, 6.45) is 0. The molecular weight excluding hydrogens is 396 g/mol. The van der Waals surface area contributed by atoms with E-state index in [-0.39, 0.29) is 22.9 Å². The Kier molecular flexibility index (Phi) is 4.16. The molecule has 0 fully saturated rings. The Hall–Kier alpha value is -1.87. The Labute approximate surface area is 151 Å². The predicted octanol–water partition coefficient (Wildman–Crippen LogP) is 1.97. The molecule has 24 heavy (non-hydrogen) atoms. The van der Waals surface area contributed by atoms with Crippen LogP contribution in [-0.4, -0.2) is 34.4 Å². The molecule has 1 spiro atoms. The molecule has 0 radical (unpaired) electrons. The summed E-state index contributed by atoms with van der Waals surface area (Å²) in [6.45, 7) is 5.04. The minimum atomic E-state index is -1.32. The highest BCUT2D eigenvalue weighted by molar-refractivity contribution is 9.10. The smallest absolute Gasteiger partial charge is 0.270 e. The number of fused-ring (bicyclic) bond motifs is 2. The third-order valence-corrected chi connectivity index (χ3v) is 5.51. The maximum atomic E-state index is 13.2. The predicted molar refractivity (Wildman–Crippen MR) is 95.2 cm³/mol. The first-order chi connectivity index (χ1) is 11.3. The number of halogens is 1. The summed E-state index contributed by atoms with van der Waals surface area (Å²) < 4.78 is 0.795. The Bertz CT molecular complexity index is 797. The van der Waals surface area contributed by atoms with Crippen LogP contribution in [0.2, 0.25) is 0 Å². The average Bonchev–Trinajstić information content (AvgIpc) is 2.98. The SMILES string of the molecule is CCN1C(=O)[C@@]2(SC(NC(C)=O)=NN2C(C)=O)c2cc(Br)ccc21. The normalized spacial score (nSPS) is 22.0. The second kappa shape index (κ2) is 5.89. The molecule has 0 aromatic heterocycles. The molecule has 2 aliphatic heterocycles. The van der Waals surface area contributed by atoms with Crippen LogP contribution < -0.4 is 10.2 Å². The number of hydrogen-bond donors (Lipinski definition) is 1. The van der Waals surface area contributed by atoms with Gasteiger partial charge in [0.1, 0.15) is 0 Å². The largest absolute Gasteiger partial charge is 0.309 e. The lowest BCUT2D eigenvalue weighted by Gasteiger charge is -2.29. The van der Waals surface area contributed by atoms with Crippen molar-refractivity contribution < 1.29 is 14.4 Å². The van der Waals surface area contributed by atoms with Crippen LogP contribution in [-0.2, 0) is 19.3 Å². The van der Waals surface area contributed by atoms with Crippen molar-refractivity contribution in [2.24, 2.45) is 5.10 Å². The molecule has 0 aliphatic carbocycles. The summed E-state index contributed by atoms with van der Waals surface area (Å²) in [7, 11) is 0. The van der Waals surface area contributed by atoms with Crippen molar-refractivity contribution in [3.8, 4) is 0 Å². The van der Waals surface area contributed by atoms with Gasteiger partial charge in [-0.1, -0.05) is 15.9 Å². The van der Waals surface area contributed by atoms with E-state index in [0.29, 0.717) is 12.1 Å². The quantitative estimate of drug-likeness (QED) is 0.766. The van der Waals surface area contributed by atoms with Crippen LogP contribution in [0.1, 0.15) is 26.3 Å². The number of anilines is 1. The summed E-state index contributed by atoms with van der Waals surface area (Å²) in [5.41, 5.74) is 1.41. The van der Waals surface area contributed by atoms with Crippen LogP contribution in [0.15, 0.2) is 27.8 Å². The average molecular weight is 411 g/mol. The van der Waals surface area contributed by atoms with Crippen LogP contribution in [0, 0.1) is 0 Å². The van der Waals surface area contributed by atoms with E-state index in [4.69, 9.17) is 0 Å². The van der Waals surface area contributed by atoms with Crippen molar-refractivity contribution in [3.05, 3.63) is 28.2 Å². The van der Waals surface area contributed by atoms with Gasteiger partial charge >= 0.3 is 0 Å². The molecule has 0 saturated carbocycles. The van der Waals surface area contributed by atoms with Gasteiger partial charge in [-0.3, -0.25) is 14.4 Å². The number of carbonyl (C=O) groups is 3. The van der Waals surface area contributed by atoms with E-state index in [0.717, 1.165) is 26.9 Å². The highest BCUT2D eigenvalue weighted by atomic mass is 79.9. The van der Waals surface area contributed by atoms with Crippen molar-refractivity contribution in [2.75, 3.05) is 11.4 Å². The van der Waals surface area contributed by atoms with Crippen LogP contribution in [0.3, 0.4) is 0 Å². The molecule has 0 bridgehead atoms. The molecule has 2 heterocycles. The molecule has 2 aliphatic rings. The van der Waals surface area contributed by atoms with Gasteiger partial charge in [0.2, 0.25) is 16.7 Å². The van der Waals surface area contributed by atoms with Crippen molar-refractivity contribution >= 4 is 56.3 Å². The summed E-state index contributed by atoms with van der Waals surface area (Å²) in [5, 5.41) is 8.14. The summed E-state index contributed by atoms with van der Waals surface area (Å²) in [4.78, 5) is 37.0. The first-order valence-corrected chi connectivity index (χ1v) is 8.90. The zero-order valence-electron chi connectivity index (χ0n) is 13.3. The highest BCUT2D eigenvalue weighted by Crippen LogP contribution is 2.54. The van der Waals surface area contributed by atoms with Gasteiger partial charge in [0.15, 0.2) is 5.17 Å². The van der Waals surface area contributed by atoms with Crippen LogP contribution in [0.5, 0.6) is 0 Å². The molecule has 0 saturated heterocycles. The van der Waals surface area contributed by atoms with E-state index < -0.39 is 4.87 Å².